The number of aliphatic hydroxyl groups excluding tert-OH is 1. The van der Waals surface area contributed by atoms with Crippen molar-refractivity contribution in [2.45, 2.75) is 25.5 Å². The first-order valence-electron chi connectivity index (χ1n) is 5.63. The van der Waals surface area contributed by atoms with Gasteiger partial charge in [0.1, 0.15) is 6.04 Å². The van der Waals surface area contributed by atoms with Crippen LogP contribution in [-0.4, -0.2) is 50.7 Å². The normalized spacial score (nSPS) is 23.1. The molecule has 2 atom stereocenters. The van der Waals surface area contributed by atoms with E-state index in [1.54, 1.807) is 19.1 Å². The zero-order valence-electron chi connectivity index (χ0n) is 9.91. The van der Waals surface area contributed by atoms with Crippen LogP contribution >= 0.6 is 0 Å². The predicted octanol–water partition coefficient (Wildman–Crippen LogP) is 0.0500. The van der Waals surface area contributed by atoms with E-state index in [0.717, 1.165) is 0 Å². The molecule has 6 nitrogen and oxygen atoms in total. The number of nitrogens with zero attached hydrogens (tertiary/aromatic N) is 2. The number of likely N-dealkylation sites (tertiary alicyclic amines) is 1. The number of aromatic nitrogens is 1. The average Bonchev–Trinajstić information content (AvgIpc) is 2.70. The van der Waals surface area contributed by atoms with Crippen LogP contribution in [0.2, 0.25) is 0 Å². The molecule has 0 spiro atoms. The van der Waals surface area contributed by atoms with E-state index in [2.05, 4.69) is 4.98 Å². The molecule has 1 aromatic rings. The third-order valence-electron chi connectivity index (χ3n) is 2.97. The fourth-order valence-electron chi connectivity index (χ4n) is 2.12. The summed E-state index contributed by atoms with van der Waals surface area (Å²) in [6.45, 7) is 1.81. The molecule has 1 saturated heterocycles. The maximum absolute atomic E-state index is 12.2. The second-order valence-electron chi connectivity index (χ2n) is 4.39. The van der Waals surface area contributed by atoms with E-state index < -0.39 is 18.1 Å². The summed E-state index contributed by atoms with van der Waals surface area (Å²) in [6.07, 6.45) is 0.800. The zero-order valence-corrected chi connectivity index (χ0v) is 9.91. The highest BCUT2D eigenvalue weighted by atomic mass is 16.4. The Morgan fingerprint density at radius 2 is 2.22 bits per heavy atom. The van der Waals surface area contributed by atoms with Crippen LogP contribution < -0.4 is 0 Å². The van der Waals surface area contributed by atoms with Gasteiger partial charge in [0.25, 0.3) is 5.91 Å². The molecule has 2 rings (SSSR count). The lowest BCUT2D eigenvalue weighted by Gasteiger charge is -2.21. The van der Waals surface area contributed by atoms with Gasteiger partial charge in [-0.3, -0.25) is 9.78 Å². The third-order valence-corrected chi connectivity index (χ3v) is 2.97. The van der Waals surface area contributed by atoms with Crippen molar-refractivity contribution < 1.29 is 19.8 Å². The molecule has 2 heterocycles. The number of hydrogen-bond acceptors (Lipinski definition) is 4. The molecule has 0 unspecified atom stereocenters. The van der Waals surface area contributed by atoms with E-state index in [1.165, 1.54) is 11.1 Å². The summed E-state index contributed by atoms with van der Waals surface area (Å²) in [5, 5.41) is 18.5. The summed E-state index contributed by atoms with van der Waals surface area (Å²) in [5.74, 6) is -1.48. The number of aliphatic hydroxyl groups is 1. The van der Waals surface area contributed by atoms with Crippen LogP contribution in [0.3, 0.4) is 0 Å². The molecule has 0 aromatic carbocycles. The van der Waals surface area contributed by atoms with Gasteiger partial charge in [0.15, 0.2) is 0 Å². The maximum atomic E-state index is 12.2. The van der Waals surface area contributed by atoms with Crippen LogP contribution in [0.1, 0.15) is 22.5 Å². The number of rotatable bonds is 2. The van der Waals surface area contributed by atoms with Gasteiger partial charge in [-0.05, 0) is 19.1 Å². The number of carboxylic acids is 1. The monoisotopic (exact) mass is 250 g/mol. The molecule has 1 aliphatic rings. The van der Waals surface area contributed by atoms with Crippen molar-refractivity contribution in [2.24, 2.45) is 0 Å². The van der Waals surface area contributed by atoms with Gasteiger partial charge < -0.3 is 15.1 Å². The van der Waals surface area contributed by atoms with Crippen LogP contribution in [0.15, 0.2) is 18.3 Å². The number of aliphatic carboxylic acids is 1. The first kappa shape index (κ1) is 12.5. The third kappa shape index (κ3) is 2.33. The van der Waals surface area contributed by atoms with E-state index in [1.807, 2.05) is 0 Å². The molecule has 0 aliphatic carbocycles. The number of pyridine rings is 1. The summed E-state index contributed by atoms with van der Waals surface area (Å²) in [7, 11) is 0. The first-order valence-corrected chi connectivity index (χ1v) is 5.63. The number of carbonyl (C=O) groups excluding carboxylic acids is 1. The second kappa shape index (κ2) is 4.73. The Morgan fingerprint density at radius 1 is 1.50 bits per heavy atom. The molecule has 1 fully saturated rings. The van der Waals surface area contributed by atoms with Gasteiger partial charge in [-0.25, -0.2) is 4.79 Å². The molecule has 96 valence electrons. The lowest BCUT2D eigenvalue weighted by molar-refractivity contribution is -0.141. The molecule has 1 amide bonds. The van der Waals surface area contributed by atoms with Crippen molar-refractivity contribution in [3.63, 3.8) is 0 Å². The fraction of sp³-hybridized carbons (Fsp3) is 0.417. The Labute approximate surface area is 104 Å². The van der Waals surface area contributed by atoms with Crippen molar-refractivity contribution in [3.05, 3.63) is 29.6 Å². The van der Waals surface area contributed by atoms with Crippen LogP contribution in [0, 0.1) is 6.92 Å². The van der Waals surface area contributed by atoms with Crippen LogP contribution in [0.5, 0.6) is 0 Å². The van der Waals surface area contributed by atoms with Crippen LogP contribution in [0.25, 0.3) is 0 Å². The molecule has 0 radical (unpaired) electrons. The minimum atomic E-state index is -1.09. The Bertz CT molecular complexity index is 489. The van der Waals surface area contributed by atoms with Gasteiger partial charge >= 0.3 is 5.97 Å². The van der Waals surface area contributed by atoms with E-state index in [-0.39, 0.29) is 18.9 Å². The molecule has 0 saturated carbocycles. The van der Waals surface area contributed by atoms with Crippen LogP contribution in [0.4, 0.5) is 0 Å². The van der Waals surface area contributed by atoms with Gasteiger partial charge in [-0.1, -0.05) is 0 Å². The SMILES string of the molecule is Cc1cc(C(=O)N2C[C@H](O)C[C@H]2C(=O)O)ccn1. The maximum Gasteiger partial charge on any atom is 0.326 e. The summed E-state index contributed by atoms with van der Waals surface area (Å²) in [5.41, 5.74) is 1.08. The highest BCUT2D eigenvalue weighted by Gasteiger charge is 2.39. The zero-order chi connectivity index (χ0) is 13.3. The minimum absolute atomic E-state index is 0.0527. The largest absolute Gasteiger partial charge is 0.480 e. The molecular formula is C12H14N2O4. The first-order chi connectivity index (χ1) is 8.49. The molecule has 2 N–H and O–H groups in total. The highest BCUT2D eigenvalue weighted by Crippen LogP contribution is 2.21. The molecule has 6 heteroatoms. The lowest BCUT2D eigenvalue weighted by Crippen LogP contribution is -2.40. The molecule has 18 heavy (non-hydrogen) atoms. The standard InChI is InChI=1S/C12H14N2O4/c1-7-4-8(2-3-13-7)11(16)14-6-9(15)5-10(14)12(17)18/h2-4,9-10,15H,5-6H2,1H3,(H,17,18)/t9-,10+/m1/s1. The smallest absolute Gasteiger partial charge is 0.326 e. The van der Waals surface area contributed by atoms with Crippen molar-refractivity contribution in [1.82, 2.24) is 9.88 Å². The number of hydrogen-bond donors (Lipinski definition) is 2. The summed E-state index contributed by atoms with van der Waals surface area (Å²) >= 11 is 0. The van der Waals surface area contributed by atoms with E-state index in [0.29, 0.717) is 11.3 Å². The lowest BCUT2D eigenvalue weighted by atomic mass is 10.1. The van der Waals surface area contributed by atoms with Gasteiger partial charge in [0.05, 0.1) is 6.10 Å². The van der Waals surface area contributed by atoms with Gasteiger partial charge in [-0.2, -0.15) is 0 Å². The number of amides is 1. The molecule has 1 aromatic heterocycles. The molecule has 1 aliphatic heterocycles. The Balaban J connectivity index is 2.25. The summed E-state index contributed by atoms with van der Waals surface area (Å²) in [4.78, 5) is 28.4. The molecule has 0 bridgehead atoms. The number of aryl methyl sites for hydroxylation is 1. The second-order valence-corrected chi connectivity index (χ2v) is 4.39. The van der Waals surface area contributed by atoms with E-state index >= 15 is 0 Å². The highest BCUT2D eigenvalue weighted by molar-refractivity contribution is 5.97. The summed E-state index contributed by atoms with van der Waals surface area (Å²) < 4.78 is 0. The van der Waals surface area contributed by atoms with E-state index in [9.17, 15) is 14.7 Å². The van der Waals surface area contributed by atoms with Crippen molar-refractivity contribution in [1.29, 1.82) is 0 Å². The Hall–Kier alpha value is -1.95. The van der Waals surface area contributed by atoms with Crippen molar-refractivity contribution in [2.75, 3.05) is 6.54 Å². The Kier molecular flexibility index (Phi) is 3.29. The van der Waals surface area contributed by atoms with E-state index in [4.69, 9.17) is 5.11 Å². The topological polar surface area (TPSA) is 90.7 Å². The quantitative estimate of drug-likeness (QED) is 0.774. The van der Waals surface area contributed by atoms with Gasteiger partial charge in [0, 0.05) is 30.4 Å². The average molecular weight is 250 g/mol. The Morgan fingerprint density at radius 3 is 2.83 bits per heavy atom. The van der Waals surface area contributed by atoms with Crippen molar-refractivity contribution in [3.8, 4) is 0 Å². The summed E-state index contributed by atoms with van der Waals surface area (Å²) in [6, 6.07) is 2.19. The van der Waals surface area contributed by atoms with Crippen LogP contribution in [-0.2, 0) is 4.79 Å². The van der Waals surface area contributed by atoms with Crippen molar-refractivity contribution >= 4 is 11.9 Å². The van der Waals surface area contributed by atoms with Gasteiger partial charge in [-0.15, -0.1) is 0 Å². The number of carbonyl (C=O) groups is 2. The fourth-order valence-corrected chi connectivity index (χ4v) is 2.12. The minimum Gasteiger partial charge on any atom is -0.480 e. The molecular weight excluding hydrogens is 236 g/mol. The number of β-amino-alcohol motifs (C(OH)–C–C–N with tert-alkyl or cyclic N) is 1. The van der Waals surface area contributed by atoms with Gasteiger partial charge in [0.2, 0.25) is 0 Å². The predicted molar refractivity (Wildman–Crippen MR) is 62.1 cm³/mol. The number of carboxylic acid groups (broad SMARTS) is 1.